The van der Waals surface area contributed by atoms with Crippen molar-refractivity contribution < 1.29 is 4.74 Å². The first-order valence-electron chi connectivity index (χ1n) is 6.06. The number of benzene rings is 1. The molecule has 0 amide bonds. The zero-order chi connectivity index (χ0) is 12.0. The topological polar surface area (TPSA) is 21.3 Å². The van der Waals surface area contributed by atoms with Crippen LogP contribution in [0.15, 0.2) is 24.3 Å². The summed E-state index contributed by atoms with van der Waals surface area (Å²) in [6.07, 6.45) is 0. The molecular formula is C14H23NO. The highest BCUT2D eigenvalue weighted by molar-refractivity contribution is 5.46. The van der Waals surface area contributed by atoms with Gasteiger partial charge < -0.3 is 10.1 Å². The molecule has 0 aliphatic rings. The molecule has 1 rings (SSSR count). The van der Waals surface area contributed by atoms with E-state index < -0.39 is 0 Å². The van der Waals surface area contributed by atoms with Gasteiger partial charge in [-0.1, -0.05) is 26.0 Å². The first-order valence-corrected chi connectivity index (χ1v) is 6.06. The molecule has 0 aliphatic carbocycles. The van der Waals surface area contributed by atoms with Crippen LogP contribution in [0.25, 0.3) is 0 Å². The Hall–Kier alpha value is -1.02. The fourth-order valence-electron chi connectivity index (χ4n) is 1.40. The summed E-state index contributed by atoms with van der Waals surface area (Å²) in [5.41, 5.74) is 2.40. The zero-order valence-electron chi connectivity index (χ0n) is 10.8. The Morgan fingerprint density at radius 2 is 2.00 bits per heavy atom. The molecule has 0 aromatic heterocycles. The van der Waals surface area contributed by atoms with Gasteiger partial charge in [0.2, 0.25) is 0 Å². The lowest BCUT2D eigenvalue weighted by molar-refractivity contribution is 0.134. The van der Waals surface area contributed by atoms with Gasteiger partial charge in [0.25, 0.3) is 0 Å². The number of hydrogen-bond acceptors (Lipinski definition) is 2. The fraction of sp³-hybridized carbons (Fsp3) is 0.571. The molecule has 0 saturated carbocycles. The molecule has 1 aromatic carbocycles. The quantitative estimate of drug-likeness (QED) is 0.791. The van der Waals surface area contributed by atoms with Crippen LogP contribution in [0.4, 0.5) is 5.69 Å². The van der Waals surface area contributed by atoms with Crippen molar-refractivity contribution in [3.63, 3.8) is 0 Å². The van der Waals surface area contributed by atoms with Crippen LogP contribution < -0.4 is 5.32 Å². The summed E-state index contributed by atoms with van der Waals surface area (Å²) >= 11 is 0. The highest BCUT2D eigenvalue weighted by Crippen LogP contribution is 2.15. The van der Waals surface area contributed by atoms with Gasteiger partial charge in [0, 0.05) is 18.3 Å². The summed E-state index contributed by atoms with van der Waals surface area (Å²) in [5.74, 6) is 0.635. The summed E-state index contributed by atoms with van der Waals surface area (Å²) < 4.78 is 5.40. The Bertz CT molecular complexity index is 309. The fourth-order valence-corrected chi connectivity index (χ4v) is 1.40. The van der Waals surface area contributed by atoms with E-state index in [0.29, 0.717) is 18.6 Å². The summed E-state index contributed by atoms with van der Waals surface area (Å²) in [5, 5.41) is 3.50. The average molecular weight is 221 g/mol. The van der Waals surface area contributed by atoms with E-state index in [-0.39, 0.29) is 0 Å². The number of rotatable bonds is 6. The Morgan fingerprint density at radius 1 is 1.25 bits per heavy atom. The molecule has 0 heterocycles. The van der Waals surface area contributed by atoms with E-state index in [1.807, 2.05) is 6.92 Å². The van der Waals surface area contributed by atoms with Gasteiger partial charge in [0.1, 0.15) is 0 Å². The van der Waals surface area contributed by atoms with E-state index in [0.717, 1.165) is 6.61 Å². The van der Waals surface area contributed by atoms with Crippen molar-refractivity contribution in [1.29, 1.82) is 0 Å². The monoisotopic (exact) mass is 221 g/mol. The molecule has 0 spiro atoms. The third-order valence-corrected chi connectivity index (χ3v) is 2.79. The predicted octanol–water partition coefficient (Wildman–Crippen LogP) is 3.68. The van der Waals surface area contributed by atoms with Crippen molar-refractivity contribution in [3.05, 3.63) is 29.8 Å². The lowest BCUT2D eigenvalue weighted by Gasteiger charge is -2.19. The maximum Gasteiger partial charge on any atom is 0.0717 e. The van der Waals surface area contributed by atoms with Gasteiger partial charge in [0.15, 0.2) is 0 Å². The van der Waals surface area contributed by atoms with E-state index in [9.17, 15) is 0 Å². The highest BCUT2D eigenvalue weighted by atomic mass is 16.5. The van der Waals surface area contributed by atoms with E-state index in [1.54, 1.807) is 0 Å². The molecule has 1 N–H and O–H groups in total. The highest BCUT2D eigenvalue weighted by Gasteiger charge is 2.06. The zero-order valence-corrected chi connectivity index (χ0v) is 10.8. The molecule has 2 nitrogen and oxygen atoms in total. The molecule has 16 heavy (non-hydrogen) atoms. The van der Waals surface area contributed by atoms with Crippen LogP contribution in [-0.4, -0.2) is 12.6 Å². The lowest BCUT2D eigenvalue weighted by Crippen LogP contribution is -2.21. The van der Waals surface area contributed by atoms with Crippen LogP contribution in [0, 0.1) is 5.92 Å². The standard InChI is InChI=1S/C14H23NO/c1-5-16-10-13-7-6-8-14(9-13)15-12(4)11(2)3/h6-9,11-12,15H,5,10H2,1-4H3. The Morgan fingerprint density at radius 3 is 2.62 bits per heavy atom. The van der Waals surface area contributed by atoms with Gasteiger partial charge in [-0.25, -0.2) is 0 Å². The van der Waals surface area contributed by atoms with Gasteiger partial charge >= 0.3 is 0 Å². The van der Waals surface area contributed by atoms with Crippen molar-refractivity contribution in [2.24, 2.45) is 5.92 Å². The minimum atomic E-state index is 0.488. The maximum absolute atomic E-state index is 5.40. The van der Waals surface area contributed by atoms with Gasteiger partial charge in [-0.3, -0.25) is 0 Å². The van der Waals surface area contributed by atoms with Crippen molar-refractivity contribution in [2.45, 2.75) is 40.3 Å². The van der Waals surface area contributed by atoms with Crippen LogP contribution in [-0.2, 0) is 11.3 Å². The van der Waals surface area contributed by atoms with E-state index in [1.165, 1.54) is 11.3 Å². The van der Waals surface area contributed by atoms with Gasteiger partial charge in [-0.2, -0.15) is 0 Å². The minimum absolute atomic E-state index is 0.488. The van der Waals surface area contributed by atoms with Crippen LogP contribution in [0.3, 0.4) is 0 Å². The summed E-state index contributed by atoms with van der Waals surface area (Å²) in [4.78, 5) is 0. The lowest BCUT2D eigenvalue weighted by atomic mass is 10.1. The molecule has 0 saturated heterocycles. The first kappa shape index (κ1) is 13.0. The Labute approximate surface area is 99.0 Å². The Balaban J connectivity index is 2.59. The molecule has 1 unspecified atom stereocenters. The molecule has 0 fully saturated rings. The minimum Gasteiger partial charge on any atom is -0.382 e. The Kier molecular flexibility index (Phi) is 5.33. The predicted molar refractivity (Wildman–Crippen MR) is 69.7 cm³/mol. The number of ether oxygens (including phenoxy) is 1. The molecule has 2 heteroatoms. The van der Waals surface area contributed by atoms with E-state index >= 15 is 0 Å². The molecule has 1 aromatic rings. The van der Waals surface area contributed by atoms with Gasteiger partial charge in [-0.05, 0) is 37.5 Å². The molecule has 1 atom stereocenters. The molecule has 0 radical (unpaired) electrons. The summed E-state index contributed by atoms with van der Waals surface area (Å²) in [6.45, 7) is 10.1. The number of nitrogens with one attached hydrogen (secondary N) is 1. The molecular weight excluding hydrogens is 198 g/mol. The third-order valence-electron chi connectivity index (χ3n) is 2.79. The maximum atomic E-state index is 5.40. The summed E-state index contributed by atoms with van der Waals surface area (Å²) in [6, 6.07) is 8.93. The second-order valence-electron chi connectivity index (χ2n) is 4.51. The van der Waals surface area contributed by atoms with Crippen molar-refractivity contribution >= 4 is 5.69 Å². The van der Waals surface area contributed by atoms with E-state index in [4.69, 9.17) is 4.74 Å². The van der Waals surface area contributed by atoms with Crippen molar-refractivity contribution in [1.82, 2.24) is 0 Å². The second-order valence-corrected chi connectivity index (χ2v) is 4.51. The average Bonchev–Trinajstić information content (AvgIpc) is 2.26. The smallest absolute Gasteiger partial charge is 0.0717 e. The SMILES string of the molecule is CCOCc1cccc(NC(C)C(C)C)c1. The second kappa shape index (κ2) is 6.54. The number of anilines is 1. The van der Waals surface area contributed by atoms with Crippen LogP contribution in [0.2, 0.25) is 0 Å². The van der Waals surface area contributed by atoms with E-state index in [2.05, 4.69) is 50.4 Å². The van der Waals surface area contributed by atoms with Crippen molar-refractivity contribution in [2.75, 3.05) is 11.9 Å². The van der Waals surface area contributed by atoms with Crippen molar-refractivity contribution in [3.8, 4) is 0 Å². The summed E-state index contributed by atoms with van der Waals surface area (Å²) in [7, 11) is 0. The number of hydrogen-bond donors (Lipinski definition) is 1. The molecule has 0 bridgehead atoms. The molecule has 0 aliphatic heterocycles. The third kappa shape index (κ3) is 4.23. The first-order chi connectivity index (χ1) is 7.63. The van der Waals surface area contributed by atoms with Gasteiger partial charge in [0.05, 0.1) is 6.61 Å². The normalized spacial score (nSPS) is 12.8. The van der Waals surface area contributed by atoms with Crippen LogP contribution >= 0.6 is 0 Å². The largest absolute Gasteiger partial charge is 0.382 e. The van der Waals surface area contributed by atoms with Crippen LogP contribution in [0.1, 0.15) is 33.3 Å². The molecule has 90 valence electrons. The van der Waals surface area contributed by atoms with Crippen LogP contribution in [0.5, 0.6) is 0 Å². The van der Waals surface area contributed by atoms with Gasteiger partial charge in [-0.15, -0.1) is 0 Å².